The Morgan fingerprint density at radius 3 is 2.87 bits per heavy atom. The summed E-state index contributed by atoms with van der Waals surface area (Å²) in [5.74, 6) is -0.186. The molecular formula is C12H15FN2. The van der Waals surface area contributed by atoms with Gasteiger partial charge in [0.15, 0.2) is 0 Å². The van der Waals surface area contributed by atoms with Crippen LogP contribution in [0.1, 0.15) is 12.5 Å². The Kier molecular flexibility index (Phi) is 2.73. The molecule has 15 heavy (non-hydrogen) atoms. The molecule has 0 aliphatic rings. The Morgan fingerprint density at radius 1 is 1.40 bits per heavy atom. The maximum Gasteiger partial charge on any atom is 0.125 e. The zero-order valence-corrected chi connectivity index (χ0v) is 8.83. The minimum atomic E-state index is -0.186. The molecule has 0 saturated carbocycles. The summed E-state index contributed by atoms with van der Waals surface area (Å²) in [5.41, 5.74) is 7.71. The summed E-state index contributed by atoms with van der Waals surface area (Å²) >= 11 is 0. The van der Waals surface area contributed by atoms with Crippen LogP contribution in [0.25, 0.3) is 10.9 Å². The second kappa shape index (κ2) is 4.03. The van der Waals surface area contributed by atoms with Crippen molar-refractivity contribution in [3.63, 3.8) is 0 Å². The maximum absolute atomic E-state index is 13.1. The highest BCUT2D eigenvalue weighted by Gasteiger charge is 2.07. The van der Waals surface area contributed by atoms with E-state index in [2.05, 4.69) is 17.7 Å². The molecule has 0 spiro atoms. The van der Waals surface area contributed by atoms with E-state index in [1.807, 2.05) is 6.07 Å². The van der Waals surface area contributed by atoms with Gasteiger partial charge in [-0.25, -0.2) is 4.39 Å². The van der Waals surface area contributed by atoms with Crippen LogP contribution in [0.2, 0.25) is 0 Å². The molecule has 0 saturated heterocycles. The van der Waals surface area contributed by atoms with Crippen LogP contribution in [0.15, 0.2) is 24.4 Å². The SMILES string of the molecule is CCn1cc(CCN)c2ccc(F)cc21. The quantitative estimate of drug-likeness (QED) is 0.820. The van der Waals surface area contributed by atoms with E-state index in [0.717, 1.165) is 23.9 Å². The van der Waals surface area contributed by atoms with Crippen LogP contribution in [-0.2, 0) is 13.0 Å². The van der Waals surface area contributed by atoms with Gasteiger partial charge >= 0.3 is 0 Å². The highest BCUT2D eigenvalue weighted by molar-refractivity contribution is 5.84. The Morgan fingerprint density at radius 2 is 2.20 bits per heavy atom. The molecule has 0 unspecified atom stereocenters. The fourth-order valence-electron chi connectivity index (χ4n) is 1.96. The average molecular weight is 206 g/mol. The predicted molar refractivity (Wildman–Crippen MR) is 60.3 cm³/mol. The van der Waals surface area contributed by atoms with E-state index in [9.17, 15) is 4.39 Å². The monoisotopic (exact) mass is 206 g/mol. The van der Waals surface area contributed by atoms with Gasteiger partial charge in [0.25, 0.3) is 0 Å². The van der Waals surface area contributed by atoms with Crippen LogP contribution in [0.5, 0.6) is 0 Å². The van der Waals surface area contributed by atoms with Crippen molar-refractivity contribution in [2.24, 2.45) is 5.73 Å². The standard InChI is InChI=1S/C12H15FN2/c1-2-15-8-9(5-6-14)11-4-3-10(13)7-12(11)15/h3-4,7-8H,2,5-6,14H2,1H3. The number of nitrogens with two attached hydrogens (primary N) is 1. The fraction of sp³-hybridized carbons (Fsp3) is 0.333. The number of aromatic nitrogens is 1. The van der Waals surface area contributed by atoms with E-state index in [0.29, 0.717) is 6.54 Å². The summed E-state index contributed by atoms with van der Waals surface area (Å²) in [6.45, 7) is 3.53. The lowest BCUT2D eigenvalue weighted by molar-refractivity contribution is 0.628. The number of benzene rings is 1. The van der Waals surface area contributed by atoms with Gasteiger partial charge in [-0.3, -0.25) is 0 Å². The number of fused-ring (bicyclic) bond motifs is 1. The first kappa shape index (κ1) is 10.2. The zero-order valence-electron chi connectivity index (χ0n) is 8.83. The van der Waals surface area contributed by atoms with Crippen molar-refractivity contribution in [1.82, 2.24) is 4.57 Å². The van der Waals surface area contributed by atoms with Crippen LogP contribution in [-0.4, -0.2) is 11.1 Å². The lowest BCUT2D eigenvalue weighted by atomic mass is 10.1. The van der Waals surface area contributed by atoms with Crippen molar-refractivity contribution < 1.29 is 4.39 Å². The number of hydrogen-bond acceptors (Lipinski definition) is 1. The van der Waals surface area contributed by atoms with E-state index in [4.69, 9.17) is 5.73 Å². The van der Waals surface area contributed by atoms with Gasteiger partial charge < -0.3 is 10.3 Å². The summed E-state index contributed by atoms with van der Waals surface area (Å²) in [6.07, 6.45) is 2.91. The number of aryl methyl sites for hydroxylation is 1. The zero-order chi connectivity index (χ0) is 10.8. The van der Waals surface area contributed by atoms with E-state index in [-0.39, 0.29) is 5.82 Å². The molecule has 0 atom stereocenters. The fourth-order valence-corrected chi connectivity index (χ4v) is 1.96. The van der Waals surface area contributed by atoms with Crippen LogP contribution < -0.4 is 5.73 Å². The van der Waals surface area contributed by atoms with Gasteiger partial charge in [0.1, 0.15) is 5.82 Å². The minimum absolute atomic E-state index is 0.186. The molecule has 1 aromatic carbocycles. The molecule has 80 valence electrons. The van der Waals surface area contributed by atoms with Gasteiger partial charge in [-0.05, 0) is 43.7 Å². The Labute approximate surface area is 88.5 Å². The van der Waals surface area contributed by atoms with Crippen LogP contribution in [0, 0.1) is 5.82 Å². The smallest absolute Gasteiger partial charge is 0.125 e. The molecule has 3 heteroatoms. The Balaban J connectivity index is 2.64. The van der Waals surface area contributed by atoms with E-state index in [1.54, 1.807) is 6.07 Å². The summed E-state index contributed by atoms with van der Waals surface area (Å²) < 4.78 is 15.2. The molecule has 2 N–H and O–H groups in total. The Hall–Kier alpha value is -1.35. The highest BCUT2D eigenvalue weighted by atomic mass is 19.1. The van der Waals surface area contributed by atoms with E-state index in [1.165, 1.54) is 11.6 Å². The summed E-state index contributed by atoms with van der Waals surface area (Å²) in [4.78, 5) is 0. The lowest BCUT2D eigenvalue weighted by Gasteiger charge is -1.99. The summed E-state index contributed by atoms with van der Waals surface area (Å²) in [5, 5.41) is 1.11. The first-order valence-corrected chi connectivity index (χ1v) is 5.23. The van der Waals surface area contributed by atoms with Gasteiger partial charge in [-0.1, -0.05) is 0 Å². The maximum atomic E-state index is 13.1. The second-order valence-electron chi connectivity index (χ2n) is 3.64. The van der Waals surface area contributed by atoms with Gasteiger partial charge in [-0.15, -0.1) is 0 Å². The molecule has 2 nitrogen and oxygen atoms in total. The molecule has 0 radical (unpaired) electrons. The predicted octanol–water partition coefficient (Wildman–Crippen LogP) is 2.30. The molecule has 0 amide bonds. The lowest BCUT2D eigenvalue weighted by Crippen LogP contribution is -2.02. The first-order valence-electron chi connectivity index (χ1n) is 5.23. The summed E-state index contributed by atoms with van der Waals surface area (Å²) in [7, 11) is 0. The van der Waals surface area contributed by atoms with Crippen molar-refractivity contribution in [3.05, 3.63) is 35.8 Å². The molecule has 1 heterocycles. The average Bonchev–Trinajstić information content (AvgIpc) is 2.56. The second-order valence-corrected chi connectivity index (χ2v) is 3.64. The molecule has 0 aliphatic carbocycles. The van der Waals surface area contributed by atoms with Gasteiger partial charge in [0.2, 0.25) is 0 Å². The highest BCUT2D eigenvalue weighted by Crippen LogP contribution is 2.22. The number of halogens is 1. The molecule has 0 bridgehead atoms. The van der Waals surface area contributed by atoms with E-state index >= 15 is 0 Å². The topological polar surface area (TPSA) is 30.9 Å². The number of nitrogens with zero attached hydrogens (tertiary/aromatic N) is 1. The third kappa shape index (κ3) is 1.75. The minimum Gasteiger partial charge on any atom is -0.347 e. The molecule has 1 aromatic heterocycles. The molecule has 0 aliphatic heterocycles. The third-order valence-electron chi connectivity index (χ3n) is 2.68. The molecule has 2 aromatic rings. The van der Waals surface area contributed by atoms with Crippen molar-refractivity contribution in [2.45, 2.75) is 19.9 Å². The first-order chi connectivity index (χ1) is 7.26. The van der Waals surface area contributed by atoms with Gasteiger partial charge in [-0.2, -0.15) is 0 Å². The van der Waals surface area contributed by atoms with Crippen LogP contribution >= 0.6 is 0 Å². The van der Waals surface area contributed by atoms with Crippen LogP contribution in [0.4, 0.5) is 4.39 Å². The van der Waals surface area contributed by atoms with Crippen molar-refractivity contribution >= 4 is 10.9 Å². The van der Waals surface area contributed by atoms with Gasteiger partial charge in [0.05, 0.1) is 5.52 Å². The third-order valence-corrected chi connectivity index (χ3v) is 2.68. The molecular weight excluding hydrogens is 191 g/mol. The van der Waals surface area contributed by atoms with E-state index < -0.39 is 0 Å². The molecule has 0 fully saturated rings. The normalized spacial score (nSPS) is 11.1. The number of hydrogen-bond donors (Lipinski definition) is 1. The van der Waals surface area contributed by atoms with Crippen molar-refractivity contribution in [3.8, 4) is 0 Å². The number of rotatable bonds is 3. The summed E-state index contributed by atoms with van der Waals surface area (Å²) in [6, 6.07) is 4.92. The molecule has 2 rings (SSSR count). The van der Waals surface area contributed by atoms with Gasteiger partial charge in [0, 0.05) is 18.1 Å². The van der Waals surface area contributed by atoms with Crippen molar-refractivity contribution in [1.29, 1.82) is 0 Å². The largest absolute Gasteiger partial charge is 0.347 e. The van der Waals surface area contributed by atoms with Crippen molar-refractivity contribution in [2.75, 3.05) is 6.54 Å². The Bertz CT molecular complexity index is 474. The van der Waals surface area contributed by atoms with Crippen LogP contribution in [0.3, 0.4) is 0 Å².